The third kappa shape index (κ3) is 4.35. The summed E-state index contributed by atoms with van der Waals surface area (Å²) >= 11 is 5.94. The molecule has 0 radical (unpaired) electrons. The summed E-state index contributed by atoms with van der Waals surface area (Å²) in [6.07, 6.45) is 0. The number of nitriles is 1. The number of benzene rings is 3. The molecule has 0 saturated heterocycles. The lowest BCUT2D eigenvalue weighted by Crippen LogP contribution is -2.19. The summed E-state index contributed by atoms with van der Waals surface area (Å²) in [5.74, 6) is 0.961. The molecular formula is C22H16ClN5O2. The molecule has 0 aliphatic rings. The fourth-order valence-electron chi connectivity index (χ4n) is 2.93. The van der Waals surface area contributed by atoms with Gasteiger partial charge in [0.2, 0.25) is 0 Å². The minimum atomic E-state index is -0.445. The van der Waals surface area contributed by atoms with Crippen LogP contribution in [0.25, 0.3) is 10.9 Å². The van der Waals surface area contributed by atoms with Gasteiger partial charge in [0.25, 0.3) is 0 Å². The first-order valence-corrected chi connectivity index (χ1v) is 9.42. The maximum atomic E-state index is 12.3. The normalized spacial score (nSPS) is 10.4. The summed E-state index contributed by atoms with van der Waals surface area (Å²) in [6.45, 7) is 0.255. The van der Waals surface area contributed by atoms with Crippen molar-refractivity contribution >= 4 is 40.0 Å². The van der Waals surface area contributed by atoms with Crippen molar-refractivity contribution in [2.24, 2.45) is 0 Å². The van der Waals surface area contributed by atoms with Gasteiger partial charge in [-0.15, -0.1) is 0 Å². The first kappa shape index (κ1) is 19.3. The Bertz CT molecular complexity index is 1260. The van der Waals surface area contributed by atoms with Crippen molar-refractivity contribution in [1.29, 1.82) is 5.26 Å². The first-order chi connectivity index (χ1) is 14.6. The predicted molar refractivity (Wildman–Crippen MR) is 116 cm³/mol. The largest absolute Gasteiger partial charge is 0.489 e. The molecule has 1 aromatic heterocycles. The Hall–Kier alpha value is -4.02. The maximum Gasteiger partial charge on any atom is 0.324 e. The molecule has 0 unspecified atom stereocenters. The highest BCUT2D eigenvalue weighted by Crippen LogP contribution is 2.26. The number of fused-ring (bicyclic) bond motifs is 1. The van der Waals surface area contributed by atoms with E-state index in [1.165, 1.54) is 0 Å². The second-order valence-corrected chi connectivity index (χ2v) is 6.86. The molecule has 148 valence electrons. The average molecular weight is 418 g/mol. The van der Waals surface area contributed by atoms with Crippen molar-refractivity contribution in [3.05, 3.63) is 82.9 Å². The Morgan fingerprint density at radius 3 is 2.80 bits per heavy atom. The monoisotopic (exact) mass is 417 g/mol. The Labute approximate surface area is 177 Å². The molecule has 3 aromatic carbocycles. The number of nitrogens with one attached hydrogen (secondary N) is 3. The van der Waals surface area contributed by atoms with Crippen molar-refractivity contribution in [2.45, 2.75) is 6.61 Å². The molecule has 4 aromatic rings. The predicted octanol–water partition coefficient (Wildman–Crippen LogP) is 5.31. The molecule has 2 amide bonds. The van der Waals surface area contributed by atoms with Crippen molar-refractivity contribution < 1.29 is 9.53 Å². The lowest BCUT2D eigenvalue weighted by molar-refractivity contribution is 0.262. The molecule has 8 heteroatoms. The van der Waals surface area contributed by atoms with Gasteiger partial charge in [0.15, 0.2) is 5.82 Å². The zero-order valence-corrected chi connectivity index (χ0v) is 16.4. The van der Waals surface area contributed by atoms with Gasteiger partial charge in [0, 0.05) is 21.7 Å². The highest BCUT2D eigenvalue weighted by molar-refractivity contribution is 6.30. The van der Waals surface area contributed by atoms with Crippen molar-refractivity contribution in [3.63, 3.8) is 0 Å². The number of ether oxygens (including phenoxy) is 1. The minimum Gasteiger partial charge on any atom is -0.489 e. The molecule has 0 spiro atoms. The van der Waals surface area contributed by atoms with E-state index in [0.717, 1.165) is 11.1 Å². The van der Waals surface area contributed by atoms with E-state index < -0.39 is 6.03 Å². The van der Waals surface area contributed by atoms with Gasteiger partial charge in [-0.1, -0.05) is 35.9 Å². The summed E-state index contributed by atoms with van der Waals surface area (Å²) in [6, 6.07) is 21.2. The second kappa shape index (κ2) is 8.55. The molecule has 7 nitrogen and oxygen atoms in total. The number of nitrogens with zero attached hydrogens (tertiary/aromatic N) is 2. The summed E-state index contributed by atoms with van der Waals surface area (Å²) in [7, 11) is 0. The molecule has 3 N–H and O–H groups in total. The van der Waals surface area contributed by atoms with Crippen LogP contribution in [-0.2, 0) is 6.61 Å². The molecule has 0 saturated carbocycles. The van der Waals surface area contributed by atoms with Gasteiger partial charge in [-0.05, 0) is 42.5 Å². The smallest absolute Gasteiger partial charge is 0.324 e. The molecule has 30 heavy (non-hydrogen) atoms. The zero-order valence-electron chi connectivity index (χ0n) is 15.6. The molecule has 0 aliphatic heterocycles. The lowest BCUT2D eigenvalue weighted by atomic mass is 10.1. The van der Waals surface area contributed by atoms with Gasteiger partial charge in [-0.25, -0.2) is 4.79 Å². The van der Waals surface area contributed by atoms with Crippen LogP contribution in [0, 0.1) is 11.3 Å². The van der Waals surface area contributed by atoms with Crippen LogP contribution in [0.5, 0.6) is 5.75 Å². The van der Waals surface area contributed by atoms with E-state index >= 15 is 0 Å². The Morgan fingerprint density at radius 1 is 1.10 bits per heavy atom. The second-order valence-electron chi connectivity index (χ2n) is 6.43. The molecule has 0 atom stereocenters. The van der Waals surface area contributed by atoms with Crippen LogP contribution in [0.1, 0.15) is 11.1 Å². The first-order valence-electron chi connectivity index (χ1n) is 9.05. The van der Waals surface area contributed by atoms with E-state index in [9.17, 15) is 10.1 Å². The van der Waals surface area contributed by atoms with Gasteiger partial charge in [0.05, 0.1) is 17.1 Å². The van der Waals surface area contributed by atoms with Gasteiger partial charge in [-0.3, -0.25) is 10.4 Å². The van der Waals surface area contributed by atoms with Crippen LogP contribution in [-0.4, -0.2) is 16.2 Å². The van der Waals surface area contributed by atoms with E-state index in [1.807, 2.05) is 24.3 Å². The number of anilines is 2. The van der Waals surface area contributed by atoms with Crippen molar-refractivity contribution in [1.82, 2.24) is 10.2 Å². The maximum absolute atomic E-state index is 12.3. The Balaban J connectivity index is 1.48. The summed E-state index contributed by atoms with van der Waals surface area (Å²) < 4.78 is 5.85. The van der Waals surface area contributed by atoms with Gasteiger partial charge in [-0.2, -0.15) is 10.4 Å². The number of rotatable bonds is 5. The van der Waals surface area contributed by atoms with Gasteiger partial charge >= 0.3 is 6.03 Å². The number of carbonyl (C=O) groups excluding carboxylic acids is 1. The summed E-state index contributed by atoms with van der Waals surface area (Å²) in [5.41, 5.74) is 2.69. The van der Waals surface area contributed by atoms with E-state index in [0.29, 0.717) is 33.2 Å². The van der Waals surface area contributed by atoms with Crippen molar-refractivity contribution in [2.75, 3.05) is 10.6 Å². The van der Waals surface area contributed by atoms with Gasteiger partial charge < -0.3 is 10.1 Å². The fourth-order valence-corrected chi connectivity index (χ4v) is 3.12. The molecule has 1 heterocycles. The van der Waals surface area contributed by atoms with E-state index in [4.69, 9.17) is 16.3 Å². The van der Waals surface area contributed by atoms with Crippen LogP contribution in [0.4, 0.5) is 16.3 Å². The molecular weight excluding hydrogens is 402 g/mol. The molecule has 0 bridgehead atoms. The fraction of sp³-hybridized carbons (Fsp3) is 0.0455. The summed E-state index contributed by atoms with van der Waals surface area (Å²) in [4.78, 5) is 12.3. The van der Waals surface area contributed by atoms with E-state index in [-0.39, 0.29) is 6.61 Å². The van der Waals surface area contributed by atoms with Crippen molar-refractivity contribution in [3.8, 4) is 11.8 Å². The van der Waals surface area contributed by atoms with E-state index in [2.05, 4.69) is 26.9 Å². The number of hydrogen-bond acceptors (Lipinski definition) is 4. The highest BCUT2D eigenvalue weighted by Gasteiger charge is 2.11. The number of halogens is 1. The molecule has 0 fully saturated rings. The number of aromatic amines is 1. The number of urea groups is 1. The Kier molecular flexibility index (Phi) is 5.50. The van der Waals surface area contributed by atoms with Gasteiger partial charge in [0.1, 0.15) is 12.4 Å². The standard InChI is InChI=1S/C22H16ClN5O2/c23-16-6-3-7-17(10-16)25-22(29)26-21-19-11-18(8-9-20(19)27-28-21)30-13-15-5-2-1-4-14(15)12-24/h1-11H,13H2,(H3,25,26,27,28,29). The highest BCUT2D eigenvalue weighted by atomic mass is 35.5. The number of amides is 2. The third-order valence-corrected chi connectivity index (χ3v) is 4.62. The SMILES string of the molecule is N#Cc1ccccc1COc1ccc2[nH]nc(NC(=O)Nc3cccc(Cl)c3)c2c1. The topological polar surface area (TPSA) is 103 Å². The zero-order chi connectivity index (χ0) is 20.9. The lowest BCUT2D eigenvalue weighted by Gasteiger charge is -2.09. The third-order valence-electron chi connectivity index (χ3n) is 4.38. The van der Waals surface area contributed by atoms with Crippen LogP contribution < -0.4 is 15.4 Å². The number of aromatic nitrogens is 2. The average Bonchev–Trinajstić information content (AvgIpc) is 3.14. The van der Waals surface area contributed by atoms with Crippen LogP contribution in [0.3, 0.4) is 0 Å². The molecule has 4 rings (SSSR count). The Morgan fingerprint density at radius 2 is 1.97 bits per heavy atom. The van der Waals surface area contributed by atoms with E-state index in [1.54, 1.807) is 42.5 Å². The number of H-pyrrole nitrogens is 1. The number of carbonyl (C=O) groups is 1. The minimum absolute atomic E-state index is 0.255. The quantitative estimate of drug-likeness (QED) is 0.409. The molecule has 0 aliphatic carbocycles. The van der Waals surface area contributed by atoms with Crippen LogP contribution in [0.15, 0.2) is 66.7 Å². The van der Waals surface area contributed by atoms with Crippen LogP contribution in [0.2, 0.25) is 5.02 Å². The summed E-state index contributed by atoms with van der Waals surface area (Å²) in [5, 5.41) is 22.9. The number of hydrogen-bond donors (Lipinski definition) is 3. The van der Waals surface area contributed by atoms with Crippen LogP contribution >= 0.6 is 11.6 Å².